The second kappa shape index (κ2) is 9.05. The lowest BCUT2D eigenvalue weighted by molar-refractivity contribution is 0.430. The highest BCUT2D eigenvalue weighted by molar-refractivity contribution is 9.10. The summed E-state index contributed by atoms with van der Waals surface area (Å²) in [5.41, 5.74) is 5.43. The van der Waals surface area contributed by atoms with Crippen LogP contribution in [0.2, 0.25) is 0 Å². The third kappa shape index (κ3) is 4.87. The van der Waals surface area contributed by atoms with Crippen LogP contribution in [0.4, 0.5) is 5.88 Å². The van der Waals surface area contributed by atoms with Gasteiger partial charge in [-0.05, 0) is 53.9 Å². The highest BCUT2D eigenvalue weighted by atomic mass is 79.9. The van der Waals surface area contributed by atoms with Crippen LogP contribution < -0.4 is 4.72 Å². The molecule has 0 saturated heterocycles. The lowest BCUT2D eigenvalue weighted by atomic mass is 10.1. The smallest absolute Gasteiger partial charge is 0.274 e. The zero-order valence-electron chi connectivity index (χ0n) is 17.7. The number of hydrogen-bond acceptors (Lipinski definition) is 5. The number of benzene rings is 2. The van der Waals surface area contributed by atoms with E-state index in [0.29, 0.717) is 15.7 Å². The number of hydrogen-bond donors (Lipinski definition) is 1. The molecular weight excluding hydrogens is 508 g/mol. The highest BCUT2D eigenvalue weighted by Gasteiger charge is 2.25. The summed E-state index contributed by atoms with van der Waals surface area (Å²) in [6.07, 6.45) is 3.74. The minimum atomic E-state index is -3.91. The van der Waals surface area contributed by atoms with Gasteiger partial charge < -0.3 is 4.52 Å². The first-order valence-electron chi connectivity index (χ1n) is 9.83. The molecule has 2 aromatic heterocycles. The normalized spacial score (nSPS) is 11.9. The van der Waals surface area contributed by atoms with Crippen molar-refractivity contribution in [2.75, 3.05) is 4.72 Å². The molecule has 0 saturated carbocycles. The summed E-state index contributed by atoms with van der Waals surface area (Å²) in [5.74, 6) is 0.0567. The maximum absolute atomic E-state index is 13.3. The van der Waals surface area contributed by atoms with Gasteiger partial charge in [0.05, 0.1) is 5.69 Å². The number of rotatable bonds is 6. The standard InChI is InChI=1S/C24H21BrN2O3S2/c1-15-4-8-18(9-5-15)10-13-20-14-21(19-11-6-16(2)7-12-19)31-24(20)32(28,29)27-23-22(25)17(3)26-30-23/h4-14,27H,1-3H3/b13-10+. The molecule has 0 spiro atoms. The minimum absolute atomic E-state index is 0.0567. The van der Waals surface area contributed by atoms with Crippen LogP contribution in [-0.4, -0.2) is 13.6 Å². The second-order valence-electron chi connectivity index (χ2n) is 7.48. The quantitative estimate of drug-likeness (QED) is 0.290. The molecule has 8 heteroatoms. The van der Waals surface area contributed by atoms with Crippen molar-refractivity contribution in [1.82, 2.24) is 5.16 Å². The SMILES string of the molecule is Cc1ccc(/C=C/c2cc(-c3ccc(C)cc3)sc2S(=O)(=O)Nc2onc(C)c2Br)cc1. The summed E-state index contributed by atoms with van der Waals surface area (Å²) in [5, 5.41) is 3.80. The van der Waals surface area contributed by atoms with Gasteiger partial charge in [0.2, 0.25) is 0 Å². The van der Waals surface area contributed by atoms with Gasteiger partial charge in [-0.1, -0.05) is 77.0 Å². The first-order chi connectivity index (χ1) is 15.2. The lowest BCUT2D eigenvalue weighted by Gasteiger charge is -2.04. The average Bonchev–Trinajstić information content (AvgIpc) is 3.33. The van der Waals surface area contributed by atoms with Gasteiger partial charge in [0.15, 0.2) is 0 Å². The van der Waals surface area contributed by atoms with Crippen molar-refractivity contribution >= 4 is 55.3 Å². The molecule has 2 aromatic carbocycles. The Morgan fingerprint density at radius 3 is 2.19 bits per heavy atom. The number of thiophene rings is 1. The number of halogens is 1. The molecule has 0 atom stereocenters. The molecule has 0 unspecified atom stereocenters. The van der Waals surface area contributed by atoms with Crippen LogP contribution in [0.1, 0.15) is 27.9 Å². The molecule has 0 radical (unpaired) electrons. The van der Waals surface area contributed by atoms with Crippen LogP contribution in [0.5, 0.6) is 0 Å². The summed E-state index contributed by atoms with van der Waals surface area (Å²) in [4.78, 5) is 0.863. The van der Waals surface area contributed by atoms with E-state index in [1.54, 1.807) is 6.92 Å². The largest absolute Gasteiger partial charge is 0.336 e. The molecule has 0 aliphatic heterocycles. The molecule has 32 heavy (non-hydrogen) atoms. The number of aromatic nitrogens is 1. The molecule has 164 valence electrons. The molecule has 5 nitrogen and oxygen atoms in total. The van der Waals surface area contributed by atoms with Gasteiger partial charge in [-0.3, -0.25) is 0 Å². The summed E-state index contributed by atoms with van der Waals surface area (Å²) in [6, 6.07) is 18.0. The molecule has 4 rings (SSSR count). The van der Waals surface area contributed by atoms with Gasteiger partial charge in [-0.2, -0.15) is 0 Å². The summed E-state index contributed by atoms with van der Waals surface area (Å²) in [6.45, 7) is 5.77. The zero-order chi connectivity index (χ0) is 22.9. The Balaban J connectivity index is 1.77. The van der Waals surface area contributed by atoms with E-state index in [-0.39, 0.29) is 10.1 Å². The van der Waals surface area contributed by atoms with Gasteiger partial charge in [0, 0.05) is 10.4 Å². The Morgan fingerprint density at radius 2 is 1.59 bits per heavy atom. The van der Waals surface area contributed by atoms with E-state index < -0.39 is 10.0 Å². The minimum Gasteiger partial charge on any atom is -0.336 e. The Hall–Kier alpha value is -2.68. The Labute approximate surface area is 200 Å². The van der Waals surface area contributed by atoms with E-state index in [9.17, 15) is 8.42 Å². The van der Waals surface area contributed by atoms with Crippen molar-refractivity contribution in [2.45, 2.75) is 25.0 Å². The van der Waals surface area contributed by atoms with E-state index in [1.807, 2.05) is 80.6 Å². The zero-order valence-corrected chi connectivity index (χ0v) is 20.9. The van der Waals surface area contributed by atoms with Crippen molar-refractivity contribution in [3.05, 3.63) is 87.0 Å². The summed E-state index contributed by atoms with van der Waals surface area (Å²) >= 11 is 4.53. The Bertz CT molecular complexity index is 1380. The summed E-state index contributed by atoms with van der Waals surface area (Å²) < 4.78 is 34.9. The first kappa shape index (κ1) is 22.5. The van der Waals surface area contributed by atoms with Crippen LogP contribution in [0.3, 0.4) is 0 Å². The monoisotopic (exact) mass is 528 g/mol. The van der Waals surface area contributed by atoms with Crippen LogP contribution in [0, 0.1) is 20.8 Å². The van der Waals surface area contributed by atoms with Gasteiger partial charge in [-0.25, -0.2) is 13.1 Å². The summed E-state index contributed by atoms with van der Waals surface area (Å²) in [7, 11) is -3.91. The highest BCUT2D eigenvalue weighted by Crippen LogP contribution is 2.37. The fourth-order valence-electron chi connectivity index (χ4n) is 3.03. The van der Waals surface area contributed by atoms with E-state index in [1.165, 1.54) is 16.9 Å². The van der Waals surface area contributed by atoms with Crippen molar-refractivity contribution in [3.8, 4) is 10.4 Å². The maximum atomic E-state index is 13.3. The molecule has 0 aliphatic rings. The molecule has 4 aromatic rings. The fourth-order valence-corrected chi connectivity index (χ4v) is 6.03. The van der Waals surface area contributed by atoms with Crippen molar-refractivity contribution in [3.63, 3.8) is 0 Å². The van der Waals surface area contributed by atoms with Crippen LogP contribution in [0.25, 0.3) is 22.6 Å². The van der Waals surface area contributed by atoms with Gasteiger partial charge >= 0.3 is 0 Å². The predicted molar refractivity (Wildman–Crippen MR) is 134 cm³/mol. The molecule has 1 N–H and O–H groups in total. The van der Waals surface area contributed by atoms with E-state index in [0.717, 1.165) is 21.6 Å². The Morgan fingerprint density at radius 1 is 0.969 bits per heavy atom. The predicted octanol–water partition coefficient (Wildman–Crippen LogP) is 7.06. The molecule has 0 aliphatic carbocycles. The van der Waals surface area contributed by atoms with Crippen molar-refractivity contribution < 1.29 is 12.9 Å². The molecule has 0 fully saturated rings. The van der Waals surface area contributed by atoms with E-state index in [4.69, 9.17) is 4.52 Å². The number of anilines is 1. The Kier molecular flexibility index (Phi) is 6.37. The van der Waals surface area contributed by atoms with Gasteiger partial charge in [-0.15, -0.1) is 11.3 Å². The van der Waals surface area contributed by atoms with E-state index in [2.05, 4.69) is 25.8 Å². The number of sulfonamides is 1. The third-order valence-corrected chi connectivity index (χ3v) is 8.87. The van der Waals surface area contributed by atoms with Crippen LogP contribution >= 0.6 is 27.3 Å². The number of nitrogens with zero attached hydrogens (tertiary/aromatic N) is 1. The first-order valence-corrected chi connectivity index (χ1v) is 12.9. The maximum Gasteiger partial charge on any atom is 0.274 e. The van der Waals surface area contributed by atoms with Crippen LogP contribution in [-0.2, 0) is 10.0 Å². The lowest BCUT2D eigenvalue weighted by Crippen LogP contribution is -2.12. The number of nitrogens with one attached hydrogen (secondary N) is 1. The molecule has 0 amide bonds. The average molecular weight is 529 g/mol. The van der Waals surface area contributed by atoms with Crippen molar-refractivity contribution in [1.29, 1.82) is 0 Å². The third-order valence-electron chi connectivity index (χ3n) is 4.86. The molecule has 0 bridgehead atoms. The topological polar surface area (TPSA) is 72.2 Å². The molecular formula is C24H21BrN2O3S2. The van der Waals surface area contributed by atoms with Gasteiger partial charge in [0.1, 0.15) is 8.68 Å². The molecule has 2 heterocycles. The second-order valence-corrected chi connectivity index (χ2v) is 11.2. The van der Waals surface area contributed by atoms with Crippen molar-refractivity contribution in [2.24, 2.45) is 0 Å². The van der Waals surface area contributed by atoms with Crippen LogP contribution in [0.15, 0.2) is 67.8 Å². The fraction of sp³-hybridized carbons (Fsp3) is 0.125. The van der Waals surface area contributed by atoms with Gasteiger partial charge in [0.25, 0.3) is 15.9 Å². The number of aryl methyl sites for hydroxylation is 3. The van der Waals surface area contributed by atoms with E-state index >= 15 is 0 Å².